The van der Waals surface area contributed by atoms with Gasteiger partial charge in [0.1, 0.15) is 24.7 Å². The molecule has 10 heteroatoms. The van der Waals surface area contributed by atoms with Crippen molar-refractivity contribution < 1.29 is 23.5 Å². The number of rotatable bonds is 7. The number of hydrogen-bond acceptors (Lipinski definition) is 4. The summed E-state index contributed by atoms with van der Waals surface area (Å²) in [5.74, 6) is -1.31. The Kier molecular flexibility index (Phi) is 7.57. The lowest BCUT2D eigenvalue weighted by Crippen LogP contribution is -2.38. The fraction of sp³-hybridized carbons (Fsp3) is 0.115. The number of nitrogens with zero attached hydrogens (tertiary/aromatic N) is 1. The summed E-state index contributed by atoms with van der Waals surface area (Å²) in [6, 6.07) is 15.3. The molecule has 1 saturated heterocycles. The zero-order chi connectivity index (χ0) is 25.8. The minimum atomic E-state index is -0.720. The standard InChI is InChI=1S/C26H20Cl2FN3O4/c1-15-3-2-4-19(9-15)30-23(33)13-32-25(34)22(31-26(32)35)12-17-10-20(27)24(21(28)11-17)36-14-16-5-7-18(29)8-6-16/h2-12H,13-14H2,1H3,(H,30,33)(H,31,35)/b22-12+. The number of carbonyl (C=O) groups excluding carboxylic acids is 3. The molecular formula is C26H20Cl2FN3O4. The Balaban J connectivity index is 1.43. The van der Waals surface area contributed by atoms with Gasteiger partial charge >= 0.3 is 6.03 Å². The summed E-state index contributed by atoms with van der Waals surface area (Å²) in [6.45, 7) is 1.55. The van der Waals surface area contributed by atoms with Gasteiger partial charge in [-0.05, 0) is 66.1 Å². The Labute approximate surface area is 216 Å². The van der Waals surface area contributed by atoms with E-state index >= 15 is 0 Å². The van der Waals surface area contributed by atoms with Crippen LogP contribution in [0.2, 0.25) is 10.0 Å². The first-order valence-corrected chi connectivity index (χ1v) is 11.5. The molecule has 0 aromatic heterocycles. The van der Waals surface area contributed by atoms with Gasteiger partial charge < -0.3 is 15.4 Å². The van der Waals surface area contributed by atoms with Crippen molar-refractivity contribution in [1.82, 2.24) is 10.2 Å². The molecule has 0 radical (unpaired) electrons. The molecule has 2 N–H and O–H groups in total. The van der Waals surface area contributed by atoms with E-state index in [4.69, 9.17) is 27.9 Å². The number of imide groups is 1. The van der Waals surface area contributed by atoms with Crippen LogP contribution in [0.1, 0.15) is 16.7 Å². The van der Waals surface area contributed by atoms with Crippen molar-refractivity contribution in [3.8, 4) is 5.75 Å². The molecule has 1 fully saturated rings. The van der Waals surface area contributed by atoms with Gasteiger partial charge in [0.25, 0.3) is 5.91 Å². The molecule has 0 aliphatic carbocycles. The molecule has 0 unspecified atom stereocenters. The number of ether oxygens (including phenoxy) is 1. The molecule has 0 spiro atoms. The number of anilines is 1. The smallest absolute Gasteiger partial charge is 0.329 e. The predicted molar refractivity (Wildman–Crippen MR) is 135 cm³/mol. The van der Waals surface area contributed by atoms with Gasteiger partial charge in [0, 0.05) is 5.69 Å². The molecular weight excluding hydrogens is 508 g/mol. The SMILES string of the molecule is Cc1cccc(NC(=O)CN2C(=O)N/C(=C/c3cc(Cl)c(OCc4ccc(F)cc4)c(Cl)c3)C2=O)c1. The number of carbonyl (C=O) groups is 3. The Hall–Kier alpha value is -3.88. The van der Waals surface area contributed by atoms with E-state index in [9.17, 15) is 18.8 Å². The van der Waals surface area contributed by atoms with E-state index in [0.29, 0.717) is 11.3 Å². The first-order valence-electron chi connectivity index (χ1n) is 10.8. The molecule has 0 bridgehead atoms. The topological polar surface area (TPSA) is 87.7 Å². The van der Waals surface area contributed by atoms with E-state index in [2.05, 4.69) is 10.6 Å². The van der Waals surface area contributed by atoms with Gasteiger partial charge in [0.05, 0.1) is 10.0 Å². The summed E-state index contributed by atoms with van der Waals surface area (Å²) in [5, 5.41) is 5.49. The number of benzene rings is 3. The van der Waals surface area contributed by atoms with E-state index in [1.54, 1.807) is 30.3 Å². The molecule has 184 valence electrons. The average molecular weight is 528 g/mol. The van der Waals surface area contributed by atoms with Crippen molar-refractivity contribution in [2.75, 3.05) is 11.9 Å². The highest BCUT2D eigenvalue weighted by Crippen LogP contribution is 2.35. The van der Waals surface area contributed by atoms with Crippen molar-refractivity contribution in [3.05, 3.63) is 98.9 Å². The summed E-state index contributed by atoms with van der Waals surface area (Å²) in [4.78, 5) is 38.3. The van der Waals surface area contributed by atoms with E-state index in [1.165, 1.54) is 30.3 Å². The van der Waals surface area contributed by atoms with Crippen LogP contribution < -0.4 is 15.4 Å². The number of hydrogen-bond donors (Lipinski definition) is 2. The molecule has 0 atom stereocenters. The van der Waals surface area contributed by atoms with Crippen LogP contribution in [-0.4, -0.2) is 29.3 Å². The van der Waals surface area contributed by atoms with Crippen LogP contribution in [0, 0.1) is 12.7 Å². The molecule has 3 aromatic rings. The second-order valence-corrected chi connectivity index (χ2v) is 8.84. The molecule has 4 rings (SSSR count). The van der Waals surface area contributed by atoms with Gasteiger partial charge in [-0.15, -0.1) is 0 Å². The Morgan fingerprint density at radius 2 is 1.78 bits per heavy atom. The van der Waals surface area contributed by atoms with Gasteiger partial charge in [-0.2, -0.15) is 0 Å². The molecule has 1 aliphatic rings. The van der Waals surface area contributed by atoms with Crippen LogP contribution in [0.4, 0.5) is 14.9 Å². The first kappa shape index (κ1) is 25.2. The van der Waals surface area contributed by atoms with E-state index < -0.39 is 24.4 Å². The Morgan fingerprint density at radius 1 is 1.08 bits per heavy atom. The van der Waals surface area contributed by atoms with Crippen LogP contribution in [-0.2, 0) is 16.2 Å². The fourth-order valence-corrected chi connectivity index (χ4v) is 4.10. The minimum Gasteiger partial charge on any atom is -0.486 e. The minimum absolute atomic E-state index is 0.0320. The van der Waals surface area contributed by atoms with Crippen molar-refractivity contribution in [2.24, 2.45) is 0 Å². The van der Waals surface area contributed by atoms with Gasteiger partial charge in [-0.3, -0.25) is 9.59 Å². The Bertz CT molecular complexity index is 1350. The molecule has 3 aromatic carbocycles. The van der Waals surface area contributed by atoms with Gasteiger partial charge in [-0.1, -0.05) is 47.5 Å². The third-order valence-electron chi connectivity index (χ3n) is 5.19. The number of urea groups is 1. The predicted octanol–water partition coefficient (Wildman–Crippen LogP) is 5.55. The lowest BCUT2D eigenvalue weighted by Gasteiger charge is -2.12. The highest BCUT2D eigenvalue weighted by Gasteiger charge is 2.35. The van der Waals surface area contributed by atoms with Gasteiger partial charge in [0.15, 0.2) is 5.75 Å². The monoisotopic (exact) mass is 527 g/mol. The quantitative estimate of drug-likeness (QED) is 0.311. The number of nitrogens with one attached hydrogen (secondary N) is 2. The largest absolute Gasteiger partial charge is 0.486 e. The van der Waals surface area contributed by atoms with Crippen LogP contribution in [0.3, 0.4) is 0 Å². The number of amides is 4. The molecule has 36 heavy (non-hydrogen) atoms. The average Bonchev–Trinajstić information content (AvgIpc) is 3.07. The number of aryl methyl sites for hydroxylation is 1. The molecule has 7 nitrogen and oxygen atoms in total. The van der Waals surface area contributed by atoms with Gasteiger partial charge in [-0.25, -0.2) is 14.1 Å². The molecule has 0 saturated carbocycles. The second kappa shape index (κ2) is 10.8. The van der Waals surface area contributed by atoms with Crippen LogP contribution in [0.25, 0.3) is 6.08 Å². The summed E-state index contributed by atoms with van der Waals surface area (Å²) < 4.78 is 18.7. The molecule has 4 amide bonds. The lowest BCUT2D eigenvalue weighted by atomic mass is 10.1. The maximum Gasteiger partial charge on any atom is 0.329 e. The van der Waals surface area contributed by atoms with Crippen molar-refractivity contribution in [1.29, 1.82) is 0 Å². The van der Waals surface area contributed by atoms with Crippen LogP contribution in [0.5, 0.6) is 5.75 Å². The first-order chi connectivity index (χ1) is 17.2. The summed E-state index contributed by atoms with van der Waals surface area (Å²) >= 11 is 12.7. The van der Waals surface area contributed by atoms with E-state index in [1.807, 2.05) is 13.0 Å². The normalized spacial score (nSPS) is 14.2. The highest BCUT2D eigenvalue weighted by atomic mass is 35.5. The van der Waals surface area contributed by atoms with Crippen molar-refractivity contribution in [3.63, 3.8) is 0 Å². The van der Waals surface area contributed by atoms with Crippen molar-refractivity contribution >= 4 is 52.8 Å². The number of halogens is 3. The maximum absolute atomic E-state index is 13.1. The molecule has 1 heterocycles. The fourth-order valence-electron chi connectivity index (χ4n) is 3.49. The lowest BCUT2D eigenvalue weighted by molar-refractivity contribution is -0.127. The van der Waals surface area contributed by atoms with Crippen LogP contribution in [0.15, 0.2) is 66.4 Å². The third-order valence-corrected chi connectivity index (χ3v) is 5.76. The zero-order valence-electron chi connectivity index (χ0n) is 19.0. The van der Waals surface area contributed by atoms with Crippen LogP contribution >= 0.6 is 23.2 Å². The Morgan fingerprint density at radius 3 is 2.44 bits per heavy atom. The van der Waals surface area contributed by atoms with E-state index in [0.717, 1.165) is 16.0 Å². The third kappa shape index (κ3) is 6.02. The highest BCUT2D eigenvalue weighted by molar-refractivity contribution is 6.37. The zero-order valence-corrected chi connectivity index (χ0v) is 20.5. The second-order valence-electron chi connectivity index (χ2n) is 8.03. The van der Waals surface area contributed by atoms with E-state index in [-0.39, 0.29) is 33.9 Å². The molecule has 1 aliphatic heterocycles. The van der Waals surface area contributed by atoms with Crippen molar-refractivity contribution in [2.45, 2.75) is 13.5 Å². The van der Waals surface area contributed by atoms with Gasteiger partial charge in [0.2, 0.25) is 5.91 Å². The summed E-state index contributed by atoms with van der Waals surface area (Å²) in [5.41, 5.74) is 2.65. The maximum atomic E-state index is 13.1. The summed E-state index contributed by atoms with van der Waals surface area (Å²) in [7, 11) is 0. The summed E-state index contributed by atoms with van der Waals surface area (Å²) in [6.07, 6.45) is 1.40.